The van der Waals surface area contributed by atoms with Gasteiger partial charge in [0.1, 0.15) is 0 Å². The number of allylic oxidation sites excluding steroid dienone is 6. The van der Waals surface area contributed by atoms with Gasteiger partial charge >= 0.3 is 0 Å². The van der Waals surface area contributed by atoms with Crippen molar-refractivity contribution in [1.29, 1.82) is 0 Å². The van der Waals surface area contributed by atoms with Gasteiger partial charge in [0, 0.05) is 17.9 Å². The number of hydrogen-bond acceptors (Lipinski definition) is 0. The summed E-state index contributed by atoms with van der Waals surface area (Å²) in [5.41, 5.74) is 9.18. The van der Waals surface area contributed by atoms with Crippen LogP contribution in [0.15, 0.2) is 67.8 Å². The van der Waals surface area contributed by atoms with Crippen LogP contribution in [0.1, 0.15) is 47.0 Å². The molecular weight excluding hydrogens is 314 g/mol. The van der Waals surface area contributed by atoms with E-state index in [9.17, 15) is 0 Å². The minimum Gasteiger partial charge on any atom is -0.337 e. The van der Waals surface area contributed by atoms with Crippen LogP contribution in [0.2, 0.25) is 0 Å². The van der Waals surface area contributed by atoms with E-state index in [1.807, 2.05) is 18.2 Å². The van der Waals surface area contributed by atoms with Crippen molar-refractivity contribution in [1.82, 2.24) is 4.57 Å². The van der Waals surface area contributed by atoms with Crippen LogP contribution < -0.4 is 0 Å². The third-order valence-corrected chi connectivity index (χ3v) is 5.06. The Morgan fingerprint density at radius 2 is 2.04 bits per heavy atom. The normalized spacial score (nSPS) is 13.8. The first-order valence-electron chi connectivity index (χ1n) is 9.25. The maximum Gasteiger partial charge on any atom is 0.0488 e. The third kappa shape index (κ3) is 3.30. The SMILES string of the molecule is C=C/C=C(/C=C)c1ccccc1Cn1c2c(c(C)c1/C=C\C)CCC=C2. The van der Waals surface area contributed by atoms with E-state index in [0.29, 0.717) is 0 Å². The molecule has 0 N–H and O–H groups in total. The summed E-state index contributed by atoms with van der Waals surface area (Å²) in [6.45, 7) is 13.0. The zero-order valence-corrected chi connectivity index (χ0v) is 15.8. The van der Waals surface area contributed by atoms with Gasteiger partial charge in [0.2, 0.25) is 0 Å². The summed E-state index contributed by atoms with van der Waals surface area (Å²) < 4.78 is 2.45. The van der Waals surface area contributed by atoms with E-state index in [1.54, 1.807) is 0 Å². The number of nitrogens with zero attached hydrogens (tertiary/aromatic N) is 1. The molecule has 0 amide bonds. The van der Waals surface area contributed by atoms with E-state index in [4.69, 9.17) is 0 Å². The fourth-order valence-corrected chi connectivity index (χ4v) is 3.82. The van der Waals surface area contributed by atoms with E-state index >= 15 is 0 Å². The van der Waals surface area contributed by atoms with Gasteiger partial charge in [0.05, 0.1) is 0 Å². The van der Waals surface area contributed by atoms with E-state index < -0.39 is 0 Å². The van der Waals surface area contributed by atoms with Crippen LogP contribution >= 0.6 is 0 Å². The summed E-state index contributed by atoms with van der Waals surface area (Å²) in [6, 6.07) is 8.58. The molecule has 0 saturated heterocycles. The average Bonchev–Trinajstić information content (AvgIpc) is 2.93. The Bertz CT molecular complexity index is 916. The summed E-state index contributed by atoms with van der Waals surface area (Å²) in [5.74, 6) is 0. The fraction of sp³-hybridized carbons (Fsp3) is 0.200. The Morgan fingerprint density at radius 3 is 2.77 bits per heavy atom. The summed E-state index contributed by atoms with van der Waals surface area (Å²) in [7, 11) is 0. The maximum atomic E-state index is 3.98. The lowest BCUT2D eigenvalue weighted by Crippen LogP contribution is -2.07. The van der Waals surface area contributed by atoms with Gasteiger partial charge in [-0.25, -0.2) is 0 Å². The molecule has 0 aliphatic heterocycles. The Kier molecular flexibility index (Phi) is 5.58. The minimum absolute atomic E-state index is 0.846. The number of hydrogen-bond donors (Lipinski definition) is 0. The quantitative estimate of drug-likeness (QED) is 0.522. The Labute approximate surface area is 157 Å². The molecule has 1 aliphatic carbocycles. The van der Waals surface area contributed by atoms with Gasteiger partial charge in [-0.3, -0.25) is 0 Å². The highest BCUT2D eigenvalue weighted by molar-refractivity contribution is 5.77. The van der Waals surface area contributed by atoms with E-state index in [-0.39, 0.29) is 0 Å². The molecule has 0 unspecified atom stereocenters. The number of aromatic nitrogens is 1. The van der Waals surface area contributed by atoms with Crippen molar-refractivity contribution in [2.75, 3.05) is 0 Å². The second-order valence-corrected chi connectivity index (χ2v) is 6.62. The molecule has 0 radical (unpaired) electrons. The highest BCUT2D eigenvalue weighted by atomic mass is 15.0. The van der Waals surface area contributed by atoms with Crippen molar-refractivity contribution >= 4 is 17.7 Å². The monoisotopic (exact) mass is 341 g/mol. The van der Waals surface area contributed by atoms with Crippen LogP contribution in [0.4, 0.5) is 0 Å². The highest BCUT2D eigenvalue weighted by Gasteiger charge is 2.19. The van der Waals surface area contributed by atoms with Gasteiger partial charge < -0.3 is 4.57 Å². The molecule has 26 heavy (non-hydrogen) atoms. The first-order valence-corrected chi connectivity index (χ1v) is 9.25. The Hall–Kier alpha value is -2.80. The second-order valence-electron chi connectivity index (χ2n) is 6.62. The van der Waals surface area contributed by atoms with E-state index in [2.05, 4.69) is 80.1 Å². The molecule has 0 spiro atoms. The molecule has 0 atom stereocenters. The zero-order chi connectivity index (χ0) is 18.5. The molecule has 1 heterocycles. The molecule has 1 aromatic carbocycles. The molecule has 1 aliphatic rings. The van der Waals surface area contributed by atoms with Crippen LogP contribution in [-0.2, 0) is 13.0 Å². The standard InChI is InChI=1S/C25H27N/c1-5-12-20(7-3)23-16-9-8-14-21(23)18-26-24(13-6-2)19(4)22-15-10-11-17-25(22)26/h5-9,11-14,16-17H,1,3,10,15,18H2,2,4H3/b13-6-,20-12-. The van der Waals surface area contributed by atoms with Gasteiger partial charge in [-0.05, 0) is 66.7 Å². The average molecular weight is 341 g/mol. The zero-order valence-electron chi connectivity index (χ0n) is 15.8. The van der Waals surface area contributed by atoms with Gasteiger partial charge in [-0.2, -0.15) is 0 Å². The smallest absolute Gasteiger partial charge is 0.0488 e. The molecule has 132 valence electrons. The molecule has 0 bridgehead atoms. The van der Waals surface area contributed by atoms with Gasteiger partial charge in [-0.1, -0.05) is 67.8 Å². The molecule has 1 nitrogen and oxygen atoms in total. The molecule has 3 rings (SSSR count). The summed E-state index contributed by atoms with van der Waals surface area (Å²) in [5, 5.41) is 0. The van der Waals surface area contributed by atoms with Crippen molar-refractivity contribution in [2.45, 2.75) is 33.2 Å². The fourth-order valence-electron chi connectivity index (χ4n) is 3.82. The molecule has 2 aromatic rings. The Morgan fingerprint density at radius 1 is 1.23 bits per heavy atom. The van der Waals surface area contributed by atoms with Gasteiger partial charge in [0.15, 0.2) is 0 Å². The van der Waals surface area contributed by atoms with Crippen molar-refractivity contribution < 1.29 is 0 Å². The molecule has 1 aromatic heterocycles. The van der Waals surface area contributed by atoms with E-state index in [1.165, 1.54) is 33.6 Å². The number of fused-ring (bicyclic) bond motifs is 1. The lowest BCUT2D eigenvalue weighted by molar-refractivity contribution is 0.777. The van der Waals surface area contributed by atoms with Crippen molar-refractivity contribution in [3.05, 3.63) is 101 Å². The van der Waals surface area contributed by atoms with Gasteiger partial charge in [-0.15, -0.1) is 0 Å². The number of benzene rings is 1. The first-order chi connectivity index (χ1) is 12.7. The first kappa shape index (κ1) is 18.0. The van der Waals surface area contributed by atoms with Crippen LogP contribution in [0.25, 0.3) is 17.7 Å². The lowest BCUT2D eigenvalue weighted by Gasteiger charge is -2.16. The van der Waals surface area contributed by atoms with Crippen molar-refractivity contribution in [2.24, 2.45) is 0 Å². The second kappa shape index (κ2) is 8.05. The van der Waals surface area contributed by atoms with Gasteiger partial charge in [0.25, 0.3) is 0 Å². The van der Waals surface area contributed by atoms with E-state index in [0.717, 1.165) is 25.0 Å². The molecule has 0 saturated carbocycles. The predicted octanol–water partition coefficient (Wildman–Crippen LogP) is 6.59. The van der Waals surface area contributed by atoms with Crippen LogP contribution in [0.5, 0.6) is 0 Å². The number of rotatable bonds is 6. The largest absolute Gasteiger partial charge is 0.337 e. The lowest BCUT2D eigenvalue weighted by atomic mass is 9.98. The highest BCUT2D eigenvalue weighted by Crippen LogP contribution is 2.31. The Balaban J connectivity index is 2.14. The maximum absolute atomic E-state index is 3.98. The van der Waals surface area contributed by atoms with Crippen LogP contribution in [0, 0.1) is 6.92 Å². The third-order valence-electron chi connectivity index (χ3n) is 5.06. The minimum atomic E-state index is 0.846. The van der Waals surface area contributed by atoms with Crippen LogP contribution in [-0.4, -0.2) is 4.57 Å². The summed E-state index contributed by atoms with van der Waals surface area (Å²) in [4.78, 5) is 0. The predicted molar refractivity (Wildman–Crippen MR) is 115 cm³/mol. The van der Waals surface area contributed by atoms with Crippen molar-refractivity contribution in [3.8, 4) is 0 Å². The molecule has 0 fully saturated rings. The van der Waals surface area contributed by atoms with Crippen molar-refractivity contribution in [3.63, 3.8) is 0 Å². The molecule has 1 heteroatoms. The molecular formula is C25H27N. The summed E-state index contributed by atoms with van der Waals surface area (Å²) in [6.07, 6.45) is 17.0. The summed E-state index contributed by atoms with van der Waals surface area (Å²) >= 11 is 0. The topological polar surface area (TPSA) is 4.93 Å². The van der Waals surface area contributed by atoms with Crippen LogP contribution in [0.3, 0.4) is 0 Å².